The van der Waals surface area contributed by atoms with Gasteiger partial charge in [-0.1, -0.05) is 18.2 Å². The van der Waals surface area contributed by atoms with E-state index in [4.69, 9.17) is 9.47 Å². The average molecular weight is 424 g/mol. The van der Waals surface area contributed by atoms with Crippen LogP contribution in [-0.4, -0.2) is 58.1 Å². The quantitative estimate of drug-likeness (QED) is 0.604. The summed E-state index contributed by atoms with van der Waals surface area (Å²) < 4.78 is 11.2. The molecular formula is C24H29N3O4. The largest absolute Gasteiger partial charge is 0.493 e. The van der Waals surface area contributed by atoms with Gasteiger partial charge in [0.15, 0.2) is 11.5 Å². The first kappa shape index (κ1) is 21.5. The van der Waals surface area contributed by atoms with Crippen LogP contribution in [0.2, 0.25) is 0 Å². The van der Waals surface area contributed by atoms with Crippen LogP contribution in [0.1, 0.15) is 30.5 Å². The fourth-order valence-electron chi connectivity index (χ4n) is 3.98. The second-order valence-corrected chi connectivity index (χ2v) is 8.08. The van der Waals surface area contributed by atoms with Crippen LogP contribution in [0, 0.1) is 6.92 Å². The van der Waals surface area contributed by atoms with E-state index in [1.165, 1.54) is 0 Å². The number of likely N-dealkylation sites (tertiary alicyclic amines) is 1. The zero-order chi connectivity index (χ0) is 21.8. The van der Waals surface area contributed by atoms with Gasteiger partial charge in [0.2, 0.25) is 0 Å². The normalized spacial score (nSPS) is 17.4. The predicted molar refractivity (Wildman–Crippen MR) is 118 cm³/mol. The standard InChI is InChI=1S/C24H29N3O4/c1-17-7-8-20(21(15-17)30-2)31-14-9-23(28)27-12-10-24(29,11-13-27)22-16-25-18-5-3-4-6-19(18)26-22/h3-8,15-16,23,28-29H,9-14H2,1-2H3. The summed E-state index contributed by atoms with van der Waals surface area (Å²) in [6, 6.07) is 13.4. The molecule has 0 radical (unpaired) electrons. The third-order valence-corrected chi connectivity index (χ3v) is 5.92. The molecule has 1 aliphatic rings. The van der Waals surface area contributed by atoms with Crippen molar-refractivity contribution in [3.8, 4) is 11.5 Å². The lowest BCUT2D eigenvalue weighted by Crippen LogP contribution is -2.47. The molecule has 1 aliphatic heterocycles. The summed E-state index contributed by atoms with van der Waals surface area (Å²) >= 11 is 0. The van der Waals surface area contributed by atoms with E-state index in [1.54, 1.807) is 13.3 Å². The number of rotatable bonds is 7. The van der Waals surface area contributed by atoms with Crippen molar-refractivity contribution in [2.75, 3.05) is 26.8 Å². The number of nitrogens with zero attached hydrogens (tertiary/aromatic N) is 3. The van der Waals surface area contributed by atoms with Crippen LogP contribution in [-0.2, 0) is 5.60 Å². The molecule has 0 aliphatic carbocycles. The van der Waals surface area contributed by atoms with Gasteiger partial charge in [0.05, 0.1) is 36.6 Å². The Morgan fingerprint density at radius 3 is 2.58 bits per heavy atom. The Morgan fingerprint density at radius 1 is 1.10 bits per heavy atom. The monoisotopic (exact) mass is 423 g/mol. The SMILES string of the molecule is COc1cc(C)ccc1OCCC(O)N1CCC(O)(c2cnc3ccccc3n2)CC1. The van der Waals surface area contributed by atoms with Crippen molar-refractivity contribution in [2.45, 2.75) is 38.0 Å². The Bertz CT molecular complexity index is 1030. The Hall–Kier alpha value is -2.74. The number of benzene rings is 2. The summed E-state index contributed by atoms with van der Waals surface area (Å²) in [6.07, 6.45) is 2.47. The molecule has 31 heavy (non-hydrogen) atoms. The number of hydrogen-bond acceptors (Lipinski definition) is 7. The minimum absolute atomic E-state index is 0.373. The van der Waals surface area contributed by atoms with Crippen LogP contribution in [0.15, 0.2) is 48.7 Å². The molecule has 1 unspecified atom stereocenters. The van der Waals surface area contributed by atoms with E-state index in [9.17, 15) is 10.2 Å². The highest BCUT2D eigenvalue weighted by Crippen LogP contribution is 2.33. The van der Waals surface area contributed by atoms with Crippen LogP contribution >= 0.6 is 0 Å². The lowest BCUT2D eigenvalue weighted by Gasteiger charge is -2.39. The van der Waals surface area contributed by atoms with Crippen molar-refractivity contribution in [1.82, 2.24) is 14.9 Å². The molecule has 0 saturated carbocycles. The van der Waals surface area contributed by atoms with Gasteiger partial charge in [-0.3, -0.25) is 9.88 Å². The van der Waals surface area contributed by atoms with Gasteiger partial charge >= 0.3 is 0 Å². The number of piperidine rings is 1. The molecule has 1 aromatic heterocycles. The molecule has 2 aromatic carbocycles. The topological polar surface area (TPSA) is 87.9 Å². The Kier molecular flexibility index (Phi) is 6.36. The molecular weight excluding hydrogens is 394 g/mol. The number of aliphatic hydroxyl groups is 2. The van der Waals surface area contributed by atoms with Gasteiger partial charge in [-0.25, -0.2) is 4.98 Å². The van der Waals surface area contributed by atoms with Crippen LogP contribution < -0.4 is 9.47 Å². The predicted octanol–water partition coefficient (Wildman–Crippen LogP) is 3.02. The van der Waals surface area contributed by atoms with E-state index in [-0.39, 0.29) is 0 Å². The first-order chi connectivity index (χ1) is 15.0. The first-order valence-corrected chi connectivity index (χ1v) is 10.6. The molecule has 164 valence electrons. The van der Waals surface area contributed by atoms with Crippen molar-refractivity contribution >= 4 is 11.0 Å². The van der Waals surface area contributed by atoms with Gasteiger partial charge in [0, 0.05) is 19.5 Å². The Balaban J connectivity index is 1.31. The summed E-state index contributed by atoms with van der Waals surface area (Å²) in [5.74, 6) is 1.36. The van der Waals surface area contributed by atoms with Gasteiger partial charge in [0.1, 0.15) is 11.8 Å². The summed E-state index contributed by atoms with van der Waals surface area (Å²) in [5.41, 5.74) is 2.25. The molecule has 0 amide bonds. The summed E-state index contributed by atoms with van der Waals surface area (Å²) in [7, 11) is 1.62. The molecule has 2 heterocycles. The molecule has 0 bridgehead atoms. The van der Waals surface area contributed by atoms with Crippen molar-refractivity contribution < 1.29 is 19.7 Å². The second kappa shape index (κ2) is 9.18. The number of hydrogen-bond donors (Lipinski definition) is 2. The molecule has 7 heteroatoms. The molecule has 1 fully saturated rings. The highest BCUT2D eigenvalue weighted by Gasteiger charge is 2.37. The fourth-order valence-corrected chi connectivity index (χ4v) is 3.98. The number of methoxy groups -OCH3 is 1. The van der Waals surface area contributed by atoms with Gasteiger partial charge in [0.25, 0.3) is 0 Å². The number of fused-ring (bicyclic) bond motifs is 1. The Labute approximate surface area is 182 Å². The smallest absolute Gasteiger partial charge is 0.161 e. The van der Waals surface area contributed by atoms with E-state index in [0.717, 1.165) is 16.6 Å². The van der Waals surface area contributed by atoms with Crippen LogP contribution in [0.25, 0.3) is 11.0 Å². The van der Waals surface area contributed by atoms with E-state index in [2.05, 4.69) is 9.97 Å². The third kappa shape index (κ3) is 4.79. The molecule has 1 atom stereocenters. The molecule has 2 N–H and O–H groups in total. The summed E-state index contributed by atoms with van der Waals surface area (Å²) in [4.78, 5) is 11.0. The highest BCUT2D eigenvalue weighted by molar-refractivity contribution is 5.73. The van der Waals surface area contributed by atoms with Gasteiger partial charge in [-0.05, 0) is 49.6 Å². The number of ether oxygens (including phenoxy) is 2. The van der Waals surface area contributed by atoms with E-state index in [0.29, 0.717) is 56.2 Å². The van der Waals surface area contributed by atoms with Gasteiger partial charge < -0.3 is 19.7 Å². The molecule has 4 rings (SSSR count). The minimum Gasteiger partial charge on any atom is -0.493 e. The van der Waals surface area contributed by atoms with Crippen LogP contribution in [0.3, 0.4) is 0 Å². The number of aliphatic hydroxyl groups excluding tert-OH is 1. The lowest BCUT2D eigenvalue weighted by atomic mass is 9.88. The molecule has 1 saturated heterocycles. The first-order valence-electron chi connectivity index (χ1n) is 10.6. The second-order valence-electron chi connectivity index (χ2n) is 8.08. The zero-order valence-corrected chi connectivity index (χ0v) is 18.0. The molecule has 3 aromatic rings. The molecule has 7 nitrogen and oxygen atoms in total. The molecule has 0 spiro atoms. The minimum atomic E-state index is -1.03. The number of para-hydroxylation sites is 2. The zero-order valence-electron chi connectivity index (χ0n) is 18.0. The lowest BCUT2D eigenvalue weighted by molar-refractivity contribution is -0.0836. The van der Waals surface area contributed by atoms with Gasteiger partial charge in [-0.2, -0.15) is 0 Å². The van der Waals surface area contributed by atoms with Crippen molar-refractivity contribution in [2.24, 2.45) is 0 Å². The van der Waals surface area contributed by atoms with Crippen molar-refractivity contribution in [3.63, 3.8) is 0 Å². The van der Waals surface area contributed by atoms with Gasteiger partial charge in [-0.15, -0.1) is 0 Å². The Morgan fingerprint density at radius 2 is 1.84 bits per heavy atom. The maximum atomic E-state index is 11.2. The summed E-state index contributed by atoms with van der Waals surface area (Å²) in [6.45, 7) is 3.51. The third-order valence-electron chi connectivity index (χ3n) is 5.92. The van der Waals surface area contributed by atoms with E-state index >= 15 is 0 Å². The highest BCUT2D eigenvalue weighted by atomic mass is 16.5. The average Bonchev–Trinajstić information content (AvgIpc) is 2.80. The maximum absolute atomic E-state index is 11.2. The van der Waals surface area contributed by atoms with Crippen molar-refractivity contribution in [1.29, 1.82) is 0 Å². The van der Waals surface area contributed by atoms with E-state index < -0.39 is 11.8 Å². The number of aromatic nitrogens is 2. The van der Waals surface area contributed by atoms with Crippen molar-refractivity contribution in [3.05, 3.63) is 59.9 Å². The number of aryl methyl sites for hydroxylation is 1. The van der Waals surface area contributed by atoms with Crippen LogP contribution in [0.5, 0.6) is 11.5 Å². The maximum Gasteiger partial charge on any atom is 0.161 e. The summed E-state index contributed by atoms with van der Waals surface area (Å²) in [5, 5.41) is 21.8. The van der Waals surface area contributed by atoms with Crippen LogP contribution in [0.4, 0.5) is 0 Å². The fraction of sp³-hybridized carbons (Fsp3) is 0.417. The van der Waals surface area contributed by atoms with E-state index in [1.807, 2.05) is 54.3 Å².